The number of carbonyl (C=O) groups excluding carboxylic acids is 1. The van der Waals surface area contributed by atoms with Gasteiger partial charge in [-0.25, -0.2) is 10.0 Å². The quantitative estimate of drug-likeness (QED) is 0.471. The third-order valence-electron chi connectivity index (χ3n) is 6.89. The molecule has 2 aromatic rings. The van der Waals surface area contributed by atoms with Gasteiger partial charge in [0, 0.05) is 59.3 Å². The molecule has 2 aromatic carbocycles. The van der Waals surface area contributed by atoms with Crippen LogP contribution < -0.4 is 4.84 Å². The molecule has 2 saturated heterocycles. The molecule has 4 rings (SSSR count). The zero-order valence-corrected chi connectivity index (χ0v) is 20.9. The maximum atomic E-state index is 11.8. The summed E-state index contributed by atoms with van der Waals surface area (Å²) in [5, 5.41) is 6.05. The minimum Gasteiger partial charge on any atom is -0.376 e. The largest absolute Gasteiger partial charge is 0.376 e. The number of benzene rings is 2. The normalized spacial score (nSPS) is 21.2. The number of piperidine rings is 1. The molecule has 2 aliphatic rings. The number of ether oxygens (including phenoxy) is 1. The highest BCUT2D eigenvalue weighted by molar-refractivity contribution is 6.34. The van der Waals surface area contributed by atoms with Gasteiger partial charge in [0.15, 0.2) is 0 Å². The van der Waals surface area contributed by atoms with Crippen molar-refractivity contribution in [3.8, 4) is 0 Å². The first-order valence-electron chi connectivity index (χ1n) is 11.5. The first kappa shape index (κ1) is 24.8. The van der Waals surface area contributed by atoms with E-state index in [2.05, 4.69) is 45.2 Å². The van der Waals surface area contributed by atoms with Crippen LogP contribution in [-0.4, -0.2) is 48.2 Å². The Morgan fingerprint density at radius 2 is 1.76 bits per heavy atom. The van der Waals surface area contributed by atoms with Crippen molar-refractivity contribution in [1.29, 1.82) is 0 Å². The van der Waals surface area contributed by atoms with Crippen LogP contribution in [0.3, 0.4) is 0 Å². The molecule has 1 N–H and O–H groups in total. The van der Waals surface area contributed by atoms with Gasteiger partial charge in [0.25, 0.3) is 0 Å². The number of amides is 1. The van der Waals surface area contributed by atoms with Crippen LogP contribution in [0.4, 0.5) is 0 Å². The van der Waals surface area contributed by atoms with Crippen molar-refractivity contribution >= 4 is 40.9 Å². The fourth-order valence-electron chi connectivity index (χ4n) is 5.20. The van der Waals surface area contributed by atoms with Gasteiger partial charge in [-0.1, -0.05) is 53.5 Å². The lowest BCUT2D eigenvalue weighted by Gasteiger charge is -2.46. The molecule has 1 atom stereocenters. The monoisotopic (exact) mass is 509 g/mol. The van der Waals surface area contributed by atoms with Crippen LogP contribution in [0, 0.1) is 0 Å². The van der Waals surface area contributed by atoms with E-state index in [1.54, 1.807) is 6.07 Å². The summed E-state index contributed by atoms with van der Waals surface area (Å²) in [6.07, 6.45) is 4.54. The van der Waals surface area contributed by atoms with Crippen molar-refractivity contribution in [2.45, 2.75) is 50.2 Å². The lowest BCUT2D eigenvalue weighted by molar-refractivity contribution is -0.124. The van der Waals surface area contributed by atoms with Gasteiger partial charge in [0.1, 0.15) is 0 Å². The predicted octanol–water partition coefficient (Wildman–Crippen LogP) is 5.58. The fraction of sp³-hybridized carbons (Fsp3) is 0.480. The Hall–Kier alpha value is -1.34. The SMILES string of the molecule is O=C(CC1CCCN1N1CCC(COCc2cc(Cl)cc(Cl)c2)(c2ccccc2)CC1)NCl. The molecule has 178 valence electrons. The molecule has 0 saturated carbocycles. The number of hydrogen-bond acceptors (Lipinski definition) is 4. The molecule has 0 bridgehead atoms. The number of hydrazine groups is 1. The van der Waals surface area contributed by atoms with Crippen LogP contribution in [0.1, 0.15) is 43.2 Å². The summed E-state index contributed by atoms with van der Waals surface area (Å²) in [7, 11) is 0. The Morgan fingerprint density at radius 1 is 1.06 bits per heavy atom. The topological polar surface area (TPSA) is 44.8 Å². The lowest BCUT2D eigenvalue weighted by Crippen LogP contribution is -2.54. The van der Waals surface area contributed by atoms with E-state index in [4.69, 9.17) is 39.7 Å². The van der Waals surface area contributed by atoms with E-state index in [0.717, 1.165) is 50.9 Å². The minimum absolute atomic E-state index is 0.0527. The van der Waals surface area contributed by atoms with Gasteiger partial charge < -0.3 is 4.74 Å². The van der Waals surface area contributed by atoms with Crippen LogP contribution in [0.15, 0.2) is 48.5 Å². The number of nitrogens with one attached hydrogen (secondary N) is 1. The van der Waals surface area contributed by atoms with Crippen molar-refractivity contribution in [2.24, 2.45) is 0 Å². The number of hydrogen-bond donors (Lipinski definition) is 1. The minimum atomic E-state index is -0.112. The van der Waals surface area contributed by atoms with Crippen LogP contribution in [0.5, 0.6) is 0 Å². The van der Waals surface area contributed by atoms with Gasteiger partial charge >= 0.3 is 0 Å². The zero-order chi connectivity index (χ0) is 23.3. The van der Waals surface area contributed by atoms with Crippen molar-refractivity contribution < 1.29 is 9.53 Å². The fourth-order valence-corrected chi connectivity index (χ4v) is 5.85. The summed E-state index contributed by atoms with van der Waals surface area (Å²) in [5.74, 6) is -0.112. The maximum absolute atomic E-state index is 11.8. The van der Waals surface area contributed by atoms with E-state index in [1.165, 1.54) is 5.56 Å². The first-order chi connectivity index (χ1) is 16.0. The van der Waals surface area contributed by atoms with Crippen LogP contribution in [0.25, 0.3) is 0 Å². The molecule has 2 fully saturated rings. The van der Waals surface area contributed by atoms with Crippen LogP contribution >= 0.6 is 35.0 Å². The summed E-state index contributed by atoms with van der Waals surface area (Å²) in [4.78, 5) is 14.1. The average molecular weight is 511 g/mol. The van der Waals surface area contributed by atoms with E-state index in [9.17, 15) is 4.79 Å². The third kappa shape index (κ3) is 6.21. The van der Waals surface area contributed by atoms with Gasteiger partial charge in [-0.05, 0) is 55.0 Å². The molecule has 1 unspecified atom stereocenters. The summed E-state index contributed by atoms with van der Waals surface area (Å²) in [6, 6.07) is 16.4. The molecule has 0 spiro atoms. The zero-order valence-electron chi connectivity index (χ0n) is 18.6. The van der Waals surface area contributed by atoms with E-state index in [-0.39, 0.29) is 17.4 Å². The Balaban J connectivity index is 1.42. The van der Waals surface area contributed by atoms with Crippen molar-refractivity contribution in [1.82, 2.24) is 14.9 Å². The molecule has 0 aromatic heterocycles. The molecule has 8 heteroatoms. The van der Waals surface area contributed by atoms with Crippen molar-refractivity contribution in [3.05, 3.63) is 69.7 Å². The smallest absolute Gasteiger partial charge is 0.235 e. The molecule has 33 heavy (non-hydrogen) atoms. The number of halogens is 3. The second-order valence-electron chi connectivity index (χ2n) is 9.05. The summed E-state index contributed by atoms with van der Waals surface area (Å²) < 4.78 is 6.26. The second-order valence-corrected chi connectivity index (χ2v) is 10.1. The Labute approximate surface area is 211 Å². The van der Waals surface area contributed by atoms with E-state index in [1.807, 2.05) is 12.1 Å². The summed E-state index contributed by atoms with van der Waals surface area (Å²) >= 11 is 17.8. The molecule has 2 heterocycles. The highest BCUT2D eigenvalue weighted by atomic mass is 35.5. The highest BCUT2D eigenvalue weighted by Gasteiger charge is 2.40. The number of nitrogens with zero attached hydrogens (tertiary/aromatic N) is 2. The van der Waals surface area contributed by atoms with E-state index >= 15 is 0 Å². The predicted molar refractivity (Wildman–Crippen MR) is 133 cm³/mol. The molecule has 2 aliphatic heterocycles. The van der Waals surface area contributed by atoms with Crippen LogP contribution in [-0.2, 0) is 21.6 Å². The van der Waals surface area contributed by atoms with Gasteiger partial charge in [-0.2, -0.15) is 0 Å². The highest BCUT2D eigenvalue weighted by Crippen LogP contribution is 2.38. The van der Waals surface area contributed by atoms with E-state index in [0.29, 0.717) is 29.7 Å². The van der Waals surface area contributed by atoms with Crippen LogP contribution in [0.2, 0.25) is 10.0 Å². The summed E-state index contributed by atoms with van der Waals surface area (Å²) in [6.45, 7) is 3.96. The van der Waals surface area contributed by atoms with E-state index < -0.39 is 0 Å². The Morgan fingerprint density at radius 3 is 2.42 bits per heavy atom. The molecule has 1 amide bonds. The Kier molecular flexibility index (Phi) is 8.55. The molecular weight excluding hydrogens is 481 g/mol. The first-order valence-corrected chi connectivity index (χ1v) is 12.6. The third-order valence-corrected chi connectivity index (χ3v) is 7.54. The summed E-state index contributed by atoms with van der Waals surface area (Å²) in [5.41, 5.74) is 2.24. The molecular formula is C25H30Cl3N3O2. The number of rotatable bonds is 8. The van der Waals surface area contributed by atoms with Gasteiger partial charge in [-0.15, -0.1) is 0 Å². The molecule has 0 radical (unpaired) electrons. The van der Waals surface area contributed by atoms with Gasteiger partial charge in [-0.3, -0.25) is 9.63 Å². The molecule has 5 nitrogen and oxygen atoms in total. The van der Waals surface area contributed by atoms with Crippen molar-refractivity contribution in [2.75, 3.05) is 26.2 Å². The molecule has 0 aliphatic carbocycles. The average Bonchev–Trinajstić information content (AvgIpc) is 3.27. The standard InChI is InChI=1S/C25H30Cl3N3O2/c26-21-13-19(14-22(27)15-21)17-33-18-25(20-5-2-1-3-6-20)8-11-30(12-9-25)31-10-4-7-23(31)16-24(32)29-28/h1-3,5-6,13-15,23H,4,7-12,16-18H2,(H,29,32). The Bertz CT molecular complexity index is 915. The number of carbonyl (C=O) groups is 1. The van der Waals surface area contributed by atoms with Gasteiger partial charge in [0.05, 0.1) is 13.2 Å². The maximum Gasteiger partial charge on any atom is 0.235 e. The van der Waals surface area contributed by atoms with Crippen molar-refractivity contribution in [3.63, 3.8) is 0 Å². The van der Waals surface area contributed by atoms with Gasteiger partial charge in [0.2, 0.25) is 5.91 Å². The lowest BCUT2D eigenvalue weighted by atomic mass is 9.73. The second kappa shape index (κ2) is 11.4.